The van der Waals surface area contributed by atoms with E-state index in [0.717, 1.165) is 25.7 Å². The number of halogens is 4. The fraction of sp³-hybridized carbons (Fsp3) is 0.733. The van der Waals surface area contributed by atoms with Gasteiger partial charge in [0.2, 0.25) is 5.79 Å². The van der Waals surface area contributed by atoms with E-state index in [4.69, 9.17) is 55.9 Å². The molecule has 2 nitrogen and oxygen atoms in total. The summed E-state index contributed by atoms with van der Waals surface area (Å²) >= 11 is 27.0. The average molecular weight is 372 g/mol. The second-order valence-corrected chi connectivity index (χ2v) is 7.86. The predicted molar refractivity (Wildman–Crippen MR) is 87.2 cm³/mol. The van der Waals surface area contributed by atoms with Crippen LogP contribution in [0.15, 0.2) is 22.2 Å². The van der Waals surface area contributed by atoms with Crippen LogP contribution >= 0.6 is 46.4 Å². The smallest absolute Gasteiger partial charge is 0.217 e. The lowest BCUT2D eigenvalue weighted by atomic mass is 9.76. The number of fused-ring (bicyclic) bond motifs is 5. The molecule has 0 aromatic heterocycles. The molecular formula is C15H18Cl4O2. The minimum atomic E-state index is -1.24. The Hall–Kier alpha value is 0.560. The molecule has 1 saturated carbocycles. The van der Waals surface area contributed by atoms with Crippen LogP contribution in [0, 0.1) is 11.8 Å². The first-order valence-electron chi connectivity index (χ1n) is 7.11. The normalized spacial score (nSPS) is 46.2. The third kappa shape index (κ3) is 1.65. The van der Waals surface area contributed by atoms with Crippen LogP contribution in [0.2, 0.25) is 0 Å². The molecule has 0 unspecified atom stereocenters. The third-order valence-corrected chi connectivity index (χ3v) is 8.03. The van der Waals surface area contributed by atoms with Crippen molar-refractivity contribution in [3.8, 4) is 0 Å². The molecule has 0 amide bonds. The van der Waals surface area contributed by atoms with Gasteiger partial charge in [0.05, 0.1) is 10.1 Å². The van der Waals surface area contributed by atoms with Gasteiger partial charge in [-0.25, -0.2) is 0 Å². The van der Waals surface area contributed by atoms with Gasteiger partial charge in [0.15, 0.2) is 0 Å². The summed E-state index contributed by atoms with van der Waals surface area (Å²) in [5, 5.41) is 0.741. The summed E-state index contributed by atoms with van der Waals surface area (Å²) < 4.78 is 11.5. The average Bonchev–Trinajstić information content (AvgIpc) is 2.67. The van der Waals surface area contributed by atoms with Gasteiger partial charge < -0.3 is 9.47 Å². The van der Waals surface area contributed by atoms with Crippen molar-refractivity contribution < 1.29 is 9.47 Å². The largest absolute Gasteiger partial charge is 0.350 e. The zero-order chi connectivity index (χ0) is 15.5. The van der Waals surface area contributed by atoms with Gasteiger partial charge in [-0.3, -0.25) is 0 Å². The molecule has 2 bridgehead atoms. The molecule has 3 aliphatic carbocycles. The van der Waals surface area contributed by atoms with E-state index in [-0.39, 0.29) is 11.8 Å². The molecule has 118 valence electrons. The molecule has 0 radical (unpaired) electrons. The minimum absolute atomic E-state index is 0.0662. The molecule has 0 aliphatic heterocycles. The molecule has 3 aliphatic rings. The summed E-state index contributed by atoms with van der Waals surface area (Å²) in [4.78, 5) is -2.07. The van der Waals surface area contributed by atoms with Crippen LogP contribution in [0.3, 0.4) is 0 Å². The zero-order valence-corrected chi connectivity index (χ0v) is 15.0. The van der Waals surface area contributed by atoms with E-state index in [2.05, 4.69) is 12.2 Å². The quantitative estimate of drug-likeness (QED) is 0.386. The summed E-state index contributed by atoms with van der Waals surface area (Å²) in [6.07, 6.45) is 8.01. The molecule has 4 atom stereocenters. The summed E-state index contributed by atoms with van der Waals surface area (Å²) in [7, 11) is 3.10. The molecule has 0 N–H and O–H groups in total. The van der Waals surface area contributed by atoms with Crippen LogP contribution in [-0.4, -0.2) is 29.8 Å². The Balaban J connectivity index is 2.22. The zero-order valence-electron chi connectivity index (χ0n) is 12.0. The molecule has 6 heteroatoms. The lowest BCUT2D eigenvalue weighted by Crippen LogP contribution is -2.57. The van der Waals surface area contributed by atoms with E-state index in [1.807, 2.05) is 0 Å². The maximum atomic E-state index is 7.02. The van der Waals surface area contributed by atoms with Crippen LogP contribution < -0.4 is 0 Å². The van der Waals surface area contributed by atoms with Crippen molar-refractivity contribution in [1.29, 1.82) is 0 Å². The highest BCUT2D eigenvalue weighted by atomic mass is 35.5. The third-order valence-electron chi connectivity index (χ3n) is 5.33. The number of hydrogen-bond donors (Lipinski definition) is 0. The lowest BCUT2D eigenvalue weighted by molar-refractivity contribution is -0.220. The highest BCUT2D eigenvalue weighted by Gasteiger charge is 2.83. The summed E-state index contributed by atoms with van der Waals surface area (Å²) in [5.41, 5.74) is 0. The molecule has 0 aromatic carbocycles. The Bertz CT molecular complexity index is 474. The molecule has 1 fully saturated rings. The maximum Gasteiger partial charge on any atom is 0.217 e. The van der Waals surface area contributed by atoms with E-state index in [1.54, 1.807) is 14.2 Å². The summed E-state index contributed by atoms with van der Waals surface area (Å²) in [5.74, 6) is -1.11. The number of allylic oxidation sites excluding steroid dienone is 2. The first-order valence-corrected chi connectivity index (χ1v) is 8.62. The van der Waals surface area contributed by atoms with E-state index in [9.17, 15) is 0 Å². The molecule has 0 heterocycles. The van der Waals surface area contributed by atoms with Crippen LogP contribution in [0.4, 0.5) is 0 Å². The number of rotatable bonds is 2. The van der Waals surface area contributed by atoms with Gasteiger partial charge in [-0.1, -0.05) is 35.4 Å². The Labute approximate surface area is 145 Å². The van der Waals surface area contributed by atoms with Gasteiger partial charge in [-0.15, -0.1) is 23.2 Å². The van der Waals surface area contributed by atoms with Crippen molar-refractivity contribution in [2.45, 2.75) is 41.2 Å². The first kappa shape index (κ1) is 16.4. The van der Waals surface area contributed by atoms with Crippen LogP contribution in [-0.2, 0) is 9.47 Å². The molecule has 0 saturated heterocycles. The highest BCUT2D eigenvalue weighted by molar-refractivity contribution is 6.52. The van der Waals surface area contributed by atoms with E-state index < -0.39 is 15.5 Å². The van der Waals surface area contributed by atoms with Gasteiger partial charge in [0.25, 0.3) is 0 Å². The number of alkyl halides is 2. The number of ether oxygens (including phenoxy) is 2. The van der Waals surface area contributed by atoms with Crippen molar-refractivity contribution in [3.63, 3.8) is 0 Å². The number of hydrogen-bond acceptors (Lipinski definition) is 2. The summed E-state index contributed by atoms with van der Waals surface area (Å²) in [6.45, 7) is 0. The van der Waals surface area contributed by atoms with E-state index >= 15 is 0 Å². The van der Waals surface area contributed by atoms with Crippen LogP contribution in [0.5, 0.6) is 0 Å². The summed E-state index contributed by atoms with van der Waals surface area (Å²) in [6, 6.07) is 0. The second kappa shape index (κ2) is 5.29. The van der Waals surface area contributed by atoms with Crippen molar-refractivity contribution in [2.75, 3.05) is 14.2 Å². The maximum absolute atomic E-state index is 7.02. The van der Waals surface area contributed by atoms with Crippen molar-refractivity contribution >= 4 is 46.4 Å². The Morgan fingerprint density at radius 1 is 0.905 bits per heavy atom. The van der Waals surface area contributed by atoms with Gasteiger partial charge in [0.1, 0.15) is 9.75 Å². The van der Waals surface area contributed by atoms with Crippen molar-refractivity contribution in [2.24, 2.45) is 11.8 Å². The second-order valence-electron chi connectivity index (χ2n) is 5.92. The van der Waals surface area contributed by atoms with Crippen molar-refractivity contribution in [1.82, 2.24) is 0 Å². The standard InChI is InChI=1S/C15H18Cl4O2/c1-20-15(21-2)13(18)9-7-5-3-4-6-8-10(9)14(15,19)12(17)11(13)16/h3-4,9-10H,5-8H2,1-2H3/b4-3-/t9-,10+,13-,14+. The fourth-order valence-electron chi connectivity index (χ4n) is 4.51. The lowest BCUT2D eigenvalue weighted by Gasteiger charge is -2.41. The van der Waals surface area contributed by atoms with Crippen LogP contribution in [0.25, 0.3) is 0 Å². The van der Waals surface area contributed by atoms with E-state index in [0.29, 0.717) is 10.1 Å². The predicted octanol–water partition coefficient (Wildman–Crippen LogP) is 5.01. The molecular weight excluding hydrogens is 354 g/mol. The van der Waals surface area contributed by atoms with E-state index in [1.165, 1.54) is 0 Å². The first-order chi connectivity index (χ1) is 9.91. The van der Waals surface area contributed by atoms with Crippen LogP contribution in [0.1, 0.15) is 25.7 Å². The molecule has 0 aromatic rings. The Morgan fingerprint density at radius 3 is 1.62 bits per heavy atom. The van der Waals surface area contributed by atoms with Gasteiger partial charge >= 0.3 is 0 Å². The van der Waals surface area contributed by atoms with Crippen molar-refractivity contribution in [3.05, 3.63) is 22.2 Å². The van der Waals surface area contributed by atoms with Gasteiger partial charge in [-0.05, 0) is 37.5 Å². The molecule has 0 spiro atoms. The Morgan fingerprint density at radius 2 is 1.29 bits per heavy atom. The highest BCUT2D eigenvalue weighted by Crippen LogP contribution is 2.75. The molecule has 3 rings (SSSR count). The molecule has 21 heavy (non-hydrogen) atoms. The monoisotopic (exact) mass is 370 g/mol. The topological polar surface area (TPSA) is 18.5 Å². The SMILES string of the molecule is COC1(OC)[C@@]2(Cl)C(Cl)=C(Cl)[C@]1(Cl)[C@@H]1CC/C=C\CC[C@@H]12. The number of methoxy groups -OCH3 is 2. The Kier molecular flexibility index (Phi) is 4.14. The van der Waals surface area contributed by atoms with Gasteiger partial charge in [-0.2, -0.15) is 0 Å². The minimum Gasteiger partial charge on any atom is -0.350 e. The van der Waals surface area contributed by atoms with Gasteiger partial charge in [0, 0.05) is 14.2 Å². The fourth-order valence-corrected chi connectivity index (χ4v) is 6.80.